The summed E-state index contributed by atoms with van der Waals surface area (Å²) < 4.78 is 8.41. The van der Waals surface area contributed by atoms with Crippen LogP contribution in [0.4, 0.5) is 0 Å². The predicted octanol–water partition coefficient (Wildman–Crippen LogP) is 3.13. The van der Waals surface area contributed by atoms with Gasteiger partial charge in [-0.3, -0.25) is 4.79 Å². The first-order valence-corrected chi connectivity index (χ1v) is 4.72. The Balaban J connectivity index is 4.66. The van der Waals surface area contributed by atoms with Gasteiger partial charge in [-0.15, -0.1) is 0 Å². The van der Waals surface area contributed by atoms with E-state index in [2.05, 4.69) is 13.2 Å². The Kier molecular flexibility index (Phi) is 7.50. The lowest BCUT2D eigenvalue weighted by atomic mass is 10.1. The molecule has 0 aliphatic rings. The van der Waals surface area contributed by atoms with Gasteiger partial charge in [-0.2, -0.15) is 0 Å². The molecule has 0 aliphatic carbocycles. The van der Waals surface area contributed by atoms with Crippen molar-refractivity contribution in [1.29, 1.82) is 0 Å². The SMILES string of the molecule is C=C/C=C\C(=C/C=C)C(=O)/C=C/SO. The van der Waals surface area contributed by atoms with Crippen LogP contribution in [-0.4, -0.2) is 10.3 Å². The van der Waals surface area contributed by atoms with Crippen LogP contribution in [-0.2, 0) is 4.79 Å². The van der Waals surface area contributed by atoms with E-state index in [4.69, 9.17) is 4.55 Å². The zero-order valence-corrected chi connectivity index (χ0v) is 8.54. The standard InChI is InChI=1S/C11H12O2S/c1-3-5-7-10(6-4-2)11(12)8-9-14-13/h3-9,13H,1-2H2/b7-5-,9-8+,10-6+. The Morgan fingerprint density at radius 1 is 1.21 bits per heavy atom. The molecular weight excluding hydrogens is 196 g/mol. The van der Waals surface area contributed by atoms with Crippen LogP contribution < -0.4 is 0 Å². The van der Waals surface area contributed by atoms with E-state index in [0.29, 0.717) is 17.6 Å². The topological polar surface area (TPSA) is 37.3 Å². The maximum Gasteiger partial charge on any atom is 0.186 e. The highest BCUT2D eigenvalue weighted by Gasteiger charge is 1.99. The fourth-order valence-electron chi connectivity index (χ4n) is 0.707. The van der Waals surface area contributed by atoms with Crippen molar-refractivity contribution in [2.45, 2.75) is 0 Å². The number of allylic oxidation sites excluding steroid dienone is 7. The molecule has 0 aliphatic heterocycles. The quantitative estimate of drug-likeness (QED) is 0.414. The van der Waals surface area contributed by atoms with Gasteiger partial charge >= 0.3 is 0 Å². The van der Waals surface area contributed by atoms with Crippen LogP contribution in [0.5, 0.6) is 0 Å². The van der Waals surface area contributed by atoms with E-state index < -0.39 is 0 Å². The van der Waals surface area contributed by atoms with E-state index in [0.717, 1.165) is 0 Å². The molecule has 14 heavy (non-hydrogen) atoms. The van der Waals surface area contributed by atoms with E-state index in [9.17, 15) is 4.79 Å². The average Bonchev–Trinajstić information content (AvgIpc) is 2.20. The van der Waals surface area contributed by atoms with Gasteiger partial charge in [-0.1, -0.05) is 43.5 Å². The fraction of sp³-hybridized carbons (Fsp3) is 0. The van der Waals surface area contributed by atoms with Crippen LogP contribution in [0.25, 0.3) is 0 Å². The molecule has 74 valence electrons. The second-order valence-electron chi connectivity index (χ2n) is 2.22. The summed E-state index contributed by atoms with van der Waals surface area (Å²) in [5.41, 5.74) is 0.491. The zero-order valence-electron chi connectivity index (χ0n) is 7.72. The van der Waals surface area contributed by atoms with Crippen molar-refractivity contribution in [2.75, 3.05) is 0 Å². The highest BCUT2D eigenvalue weighted by molar-refractivity contribution is 7.96. The van der Waals surface area contributed by atoms with Crippen LogP contribution in [0.1, 0.15) is 0 Å². The molecule has 0 saturated heterocycles. The number of ketones is 1. The van der Waals surface area contributed by atoms with E-state index in [1.807, 2.05) is 0 Å². The summed E-state index contributed by atoms with van der Waals surface area (Å²) >= 11 is 0.491. The van der Waals surface area contributed by atoms with Crippen molar-refractivity contribution in [1.82, 2.24) is 0 Å². The number of hydrogen-bond donors (Lipinski definition) is 1. The van der Waals surface area contributed by atoms with E-state index >= 15 is 0 Å². The number of hydrogen-bond acceptors (Lipinski definition) is 3. The Bertz CT molecular complexity index is 298. The second kappa shape index (κ2) is 8.29. The molecule has 0 radical (unpaired) electrons. The summed E-state index contributed by atoms with van der Waals surface area (Å²) in [5, 5.41) is 1.31. The molecule has 0 spiro atoms. The van der Waals surface area contributed by atoms with Crippen molar-refractivity contribution >= 4 is 17.8 Å². The van der Waals surface area contributed by atoms with Crippen molar-refractivity contribution in [3.63, 3.8) is 0 Å². The summed E-state index contributed by atoms with van der Waals surface area (Å²) in [6.07, 6.45) is 9.27. The monoisotopic (exact) mass is 208 g/mol. The van der Waals surface area contributed by atoms with Gasteiger partial charge < -0.3 is 4.55 Å². The molecule has 0 amide bonds. The molecular formula is C11H12O2S. The summed E-state index contributed by atoms with van der Waals surface area (Å²) in [4.78, 5) is 11.4. The molecule has 0 atom stereocenters. The van der Waals surface area contributed by atoms with Gasteiger partial charge in [-0.25, -0.2) is 0 Å². The van der Waals surface area contributed by atoms with Gasteiger partial charge in [0.1, 0.15) is 0 Å². The van der Waals surface area contributed by atoms with Crippen LogP contribution in [0, 0.1) is 0 Å². The predicted molar refractivity (Wildman–Crippen MR) is 62.0 cm³/mol. The summed E-state index contributed by atoms with van der Waals surface area (Å²) in [7, 11) is 0. The van der Waals surface area contributed by atoms with E-state index in [1.54, 1.807) is 24.3 Å². The minimum atomic E-state index is -0.190. The van der Waals surface area contributed by atoms with Crippen molar-refractivity contribution in [3.8, 4) is 0 Å². The van der Waals surface area contributed by atoms with Crippen LogP contribution in [0.2, 0.25) is 0 Å². The van der Waals surface area contributed by atoms with Gasteiger partial charge in [0.05, 0.1) is 0 Å². The normalized spacial score (nSPS) is 12.2. The van der Waals surface area contributed by atoms with Gasteiger partial charge in [0.2, 0.25) is 0 Å². The number of carbonyl (C=O) groups excluding carboxylic acids is 1. The second-order valence-corrected chi connectivity index (χ2v) is 2.71. The largest absolute Gasteiger partial charge is 0.326 e. The minimum absolute atomic E-state index is 0.190. The lowest BCUT2D eigenvalue weighted by Gasteiger charge is -1.93. The lowest BCUT2D eigenvalue weighted by molar-refractivity contribution is -0.111. The van der Waals surface area contributed by atoms with Crippen LogP contribution in [0.3, 0.4) is 0 Å². The zero-order chi connectivity index (χ0) is 10.8. The first-order valence-electron chi connectivity index (χ1n) is 3.89. The Labute approximate surface area is 88.2 Å². The highest BCUT2D eigenvalue weighted by atomic mass is 32.2. The molecule has 0 rings (SSSR count). The molecule has 3 heteroatoms. The molecule has 0 saturated carbocycles. The molecule has 0 unspecified atom stereocenters. The lowest BCUT2D eigenvalue weighted by Crippen LogP contribution is -1.94. The van der Waals surface area contributed by atoms with Gasteiger partial charge in [0.25, 0.3) is 0 Å². The van der Waals surface area contributed by atoms with Crippen molar-refractivity contribution in [2.24, 2.45) is 0 Å². The minimum Gasteiger partial charge on any atom is -0.326 e. The molecule has 0 aromatic heterocycles. The van der Waals surface area contributed by atoms with Crippen LogP contribution in [0.15, 0.2) is 60.6 Å². The molecule has 0 bridgehead atoms. The summed E-state index contributed by atoms with van der Waals surface area (Å²) in [6.45, 7) is 7.01. The summed E-state index contributed by atoms with van der Waals surface area (Å²) in [6, 6.07) is 0. The molecule has 0 heterocycles. The van der Waals surface area contributed by atoms with Crippen molar-refractivity contribution < 1.29 is 9.35 Å². The van der Waals surface area contributed by atoms with Gasteiger partial charge in [0.15, 0.2) is 5.78 Å². The van der Waals surface area contributed by atoms with Crippen molar-refractivity contribution in [3.05, 3.63) is 60.6 Å². The molecule has 0 aromatic carbocycles. The number of carbonyl (C=O) groups is 1. The third-order valence-electron chi connectivity index (χ3n) is 1.27. The maximum atomic E-state index is 11.4. The smallest absolute Gasteiger partial charge is 0.186 e. The van der Waals surface area contributed by atoms with E-state index in [-0.39, 0.29) is 5.78 Å². The van der Waals surface area contributed by atoms with Gasteiger partial charge in [-0.05, 0) is 6.08 Å². The molecule has 1 N–H and O–H groups in total. The molecule has 0 fully saturated rings. The summed E-state index contributed by atoms with van der Waals surface area (Å²) in [5.74, 6) is -0.190. The number of rotatable bonds is 6. The third-order valence-corrected chi connectivity index (χ3v) is 1.53. The third kappa shape index (κ3) is 5.35. The average molecular weight is 208 g/mol. The highest BCUT2D eigenvalue weighted by Crippen LogP contribution is 2.03. The Morgan fingerprint density at radius 3 is 2.43 bits per heavy atom. The first-order chi connectivity index (χ1) is 6.76. The van der Waals surface area contributed by atoms with Gasteiger partial charge in [0, 0.05) is 23.0 Å². The van der Waals surface area contributed by atoms with E-state index in [1.165, 1.54) is 17.6 Å². The maximum absolute atomic E-state index is 11.4. The van der Waals surface area contributed by atoms with Crippen LogP contribution >= 0.6 is 12.0 Å². The Hall–Kier alpha value is -1.32. The molecule has 2 nitrogen and oxygen atoms in total. The molecule has 0 aromatic rings. The first kappa shape index (κ1) is 12.7. The Morgan fingerprint density at radius 2 is 1.93 bits per heavy atom. The fourth-order valence-corrected chi connectivity index (χ4v) is 0.891.